The van der Waals surface area contributed by atoms with Crippen LogP contribution < -0.4 is 15.6 Å². The minimum Gasteiger partial charge on any atom is -0.665 e. The maximum Gasteiger partial charge on any atom is 0.407 e. The number of aromatic hydroxyl groups is 1. The summed E-state index contributed by atoms with van der Waals surface area (Å²) in [6.07, 6.45) is 70.9. The number of fused-ring (bicyclic) bond motifs is 2. The molecule has 4 fully saturated rings. The van der Waals surface area contributed by atoms with Crippen molar-refractivity contribution in [1.82, 2.24) is 15.6 Å². The van der Waals surface area contributed by atoms with Crippen LogP contribution in [0.5, 0.6) is 5.75 Å². The zero-order valence-corrected chi connectivity index (χ0v) is 76.9. The number of halogens is 2. The molecule has 4 aromatic rings. The van der Waals surface area contributed by atoms with Crippen molar-refractivity contribution in [2.24, 2.45) is 21.2 Å². The molecule has 0 aliphatic heterocycles. The van der Waals surface area contributed by atoms with E-state index in [-0.39, 0.29) is 32.3 Å². The summed E-state index contributed by atoms with van der Waals surface area (Å²) in [6.45, 7) is 34.7. The van der Waals surface area contributed by atoms with Gasteiger partial charge in [0.15, 0.2) is 0 Å². The molecule has 4 bridgehead atoms. The number of terminal acetylenes is 2. The van der Waals surface area contributed by atoms with Crippen molar-refractivity contribution in [3.63, 3.8) is 0 Å². The average Bonchev–Trinajstić information content (AvgIpc) is 0.845. The van der Waals surface area contributed by atoms with Crippen LogP contribution in [0, 0.1) is 75.1 Å². The largest absolute Gasteiger partial charge is 0.665 e. The van der Waals surface area contributed by atoms with Gasteiger partial charge in [0.05, 0.1) is 4.47 Å². The average molecular weight is 1740 g/mol. The summed E-state index contributed by atoms with van der Waals surface area (Å²) >= 11 is 7.02. The second-order valence-corrected chi connectivity index (χ2v) is 37.4. The first-order chi connectivity index (χ1) is 53.1. The smallest absolute Gasteiger partial charge is 0.407 e. The molecule has 0 radical (unpaired) electrons. The third-order valence-electron chi connectivity index (χ3n) is 21.1. The first-order valence-electron chi connectivity index (χ1n) is 43.1. The van der Waals surface area contributed by atoms with E-state index >= 15 is 0 Å². The summed E-state index contributed by atoms with van der Waals surface area (Å²) in [5.41, 5.74) is 12.7. The second kappa shape index (κ2) is 57.5. The number of carbonyl (C=O) groups is 2. The van der Waals surface area contributed by atoms with Crippen LogP contribution in [-0.4, -0.2) is 51.5 Å². The summed E-state index contributed by atoms with van der Waals surface area (Å²) in [6, 6.07) is 19.4. The van der Waals surface area contributed by atoms with E-state index in [4.69, 9.17) is 25.8 Å². The quantitative estimate of drug-likeness (QED) is 0.0185. The number of benzene rings is 3. The molecule has 12 heteroatoms. The van der Waals surface area contributed by atoms with Crippen LogP contribution in [0.25, 0.3) is 11.1 Å². The van der Waals surface area contributed by atoms with Crippen LogP contribution in [0.3, 0.4) is 0 Å². The van der Waals surface area contributed by atoms with Gasteiger partial charge in [0.2, 0.25) is 0 Å². The van der Waals surface area contributed by atoms with Crippen molar-refractivity contribution in [1.29, 1.82) is 0 Å². The number of hydrogen-bond acceptors (Lipinski definition) is 6. The Morgan fingerprint density at radius 1 is 0.577 bits per heavy atom. The second-order valence-electron chi connectivity index (χ2n) is 34.1. The summed E-state index contributed by atoms with van der Waals surface area (Å²) in [7, 11) is 0. The molecule has 10 rings (SSSR count). The molecule has 3 aromatic carbocycles. The predicted octanol–water partition coefficient (Wildman–Crippen LogP) is 28.8. The molecule has 1 heterocycles. The van der Waals surface area contributed by atoms with Gasteiger partial charge in [0, 0.05) is 26.0 Å². The van der Waals surface area contributed by atoms with E-state index < -0.39 is 17.3 Å². The molecule has 111 heavy (non-hydrogen) atoms. The summed E-state index contributed by atoms with van der Waals surface area (Å²) < 4.78 is 20.1. The topological polar surface area (TPSA) is 123 Å². The van der Waals surface area contributed by atoms with Crippen molar-refractivity contribution >= 4 is 48.4 Å². The minimum atomic E-state index is -0.428. The summed E-state index contributed by atoms with van der Waals surface area (Å²) in [4.78, 5) is 26.4. The summed E-state index contributed by atoms with van der Waals surface area (Å²) in [5, 5.41) is 16.2. The number of phenolic OH excluding ortho intramolecular Hbond substituents is 1. The third-order valence-corrected chi connectivity index (χ3v) is 25.5. The number of allylic oxidation sites excluding steroid dienone is 2. The van der Waals surface area contributed by atoms with Crippen molar-refractivity contribution in [3.05, 3.63) is 146 Å². The normalized spacial score (nSPS) is 16.7. The molecule has 620 valence electrons. The first kappa shape index (κ1) is 99.7. The van der Waals surface area contributed by atoms with E-state index in [9.17, 15) is 14.7 Å². The Kier molecular flexibility index (Phi) is 51.7. The monoisotopic (exact) mass is 1730 g/mol. The van der Waals surface area contributed by atoms with Crippen LogP contribution in [0.2, 0.25) is 0 Å². The van der Waals surface area contributed by atoms with Gasteiger partial charge in [-0.3, -0.25) is 0 Å². The van der Waals surface area contributed by atoms with E-state index in [0.29, 0.717) is 24.4 Å². The molecule has 3 N–H and O–H groups in total. The minimum absolute atomic E-state index is 0. The number of carbonyl (C=O) groups excluding carboxylic acids is 2. The molecule has 0 unspecified atom stereocenters. The Hall–Kier alpha value is -5.50. The van der Waals surface area contributed by atoms with Gasteiger partial charge in [-0.15, -0.1) is 26.0 Å². The number of nitrogens with zero attached hydrogens (tertiary/aromatic N) is 2. The van der Waals surface area contributed by atoms with Crippen molar-refractivity contribution in [3.8, 4) is 53.4 Å². The van der Waals surface area contributed by atoms with E-state index in [0.717, 1.165) is 71.3 Å². The molecule has 0 saturated heterocycles. The van der Waals surface area contributed by atoms with Gasteiger partial charge in [0.25, 0.3) is 0 Å². The fraction of sp³-hybridized carbons (Fsp3) is 0.626. The standard InChI is InChI=1S/C22H43NO2.C21H22Br2O.C16H32.C10H15N.C10H12.C8H15NO2.C6H8N.C6H2.Mo.2H2/c1-5-6-7-8-9-10-11-12-13-14-15-16-17-18-19-20-23-21(24)25-22(2,3)4;1-12-17(22)10-13-6-2-4-8-15(13)19(12)20-16-9-5-3-7-14(16)11-18(23)21(20)24;1-3-5-7-9-11-13-15-16-14-12-10-8-6-4-2;11-10-4-7-1-8(5-10)3-9(2-7)6-10;1-10(2,3)9-7-5-4-6-8-9;1-5-6-9-7(10)11-8(2,3)4;1-5-3-4-6(2)7-5;1-3-5-6-4-2;;;/h18-19H,5-17,20H2,1-4H3,(H,23,24);10-11,24H,2-9H2,1H3;3H,1,4-16H2,2H3;7-9H,1-6H2;1,4-8H,2-3H3;5H,1,6H2,2-4H3,(H,9,10);3-4H,1-2H3;1-2H;;2*1H/q;;;;;;-1;;;;/b19-18-;;;;;;;;;;. The predicted molar refractivity (Wildman–Crippen MR) is 484 cm³/mol. The molecular weight excluding hydrogens is 1580 g/mol. The van der Waals surface area contributed by atoms with E-state index in [1.165, 1.54) is 268 Å². The van der Waals surface area contributed by atoms with Crippen LogP contribution >= 0.6 is 31.9 Å². The molecule has 6 aliphatic carbocycles. The number of aryl methyl sites for hydroxylation is 4. The molecular formula is C99H153Br2MoN4O5-. The molecule has 9 nitrogen and oxygen atoms in total. The van der Waals surface area contributed by atoms with Crippen molar-refractivity contribution in [2.45, 2.75) is 369 Å². The number of unbranched alkanes of at least 4 members (excludes halogenated alkanes) is 24. The maximum atomic E-state index is 11.4. The van der Waals surface area contributed by atoms with Gasteiger partial charge in [-0.25, -0.2) is 9.59 Å². The number of nitrogens with one attached hydrogen (secondary N) is 2. The molecule has 2 amide bonds. The van der Waals surface area contributed by atoms with E-state index in [1.54, 1.807) is 6.08 Å². The van der Waals surface area contributed by atoms with Crippen LogP contribution in [0.4, 0.5) is 9.59 Å². The Morgan fingerprint density at radius 3 is 1.39 bits per heavy atom. The Labute approximate surface area is 706 Å². The number of ether oxygens (including phenoxy) is 2. The zero-order valence-electron chi connectivity index (χ0n) is 71.7. The van der Waals surface area contributed by atoms with Crippen LogP contribution in [0.1, 0.15) is 348 Å². The number of rotatable bonds is 34. The van der Waals surface area contributed by atoms with Crippen molar-refractivity contribution in [2.75, 3.05) is 13.1 Å². The fourth-order valence-corrected chi connectivity index (χ4v) is 19.0. The number of amides is 2. The zero-order chi connectivity index (χ0) is 81.8. The Balaban J connectivity index is 0.000000687. The maximum absolute atomic E-state index is 11.4. The van der Waals surface area contributed by atoms with Crippen LogP contribution in [-0.2, 0) is 58.5 Å². The van der Waals surface area contributed by atoms with Gasteiger partial charge >= 0.3 is 155 Å². The molecule has 0 spiro atoms. The first-order valence-corrected chi connectivity index (χ1v) is 46.7. The number of alkyl carbamates (subject to hydrolysis) is 2. The van der Waals surface area contributed by atoms with Gasteiger partial charge < -0.3 is 30.2 Å². The molecule has 0 atom stereocenters. The summed E-state index contributed by atoms with van der Waals surface area (Å²) in [5.74, 6) is 12.1. The van der Waals surface area contributed by atoms with E-state index in [2.05, 4.69) is 172 Å². The number of aromatic nitrogens is 1. The van der Waals surface area contributed by atoms with Gasteiger partial charge in [0.1, 0.15) is 17.0 Å². The SMILES string of the molecule is C#CC#CC#C.C=CCCCCCCCCCCCCCC.C=CCNC(=O)OC(C)(C)C.CC(C)([CH]=[Mo]=[N]C12CC3CC(CC(C3)C1)C2)c1ccccc1.CCCCCCCCCCCCCC/C=C\CNC(=O)OC(C)(C)C.Cc1c(Br)cc2c(c1-c1c(O)c(Br)cc3c1CCCC3)CCCC2.Cc1ccc(C)[n-]1.[HH].[HH]. The molecule has 6 aliphatic rings. The molecule has 1 aromatic heterocycles. The van der Waals surface area contributed by atoms with Gasteiger partial charge in [-0.1, -0.05) is 221 Å². The fourth-order valence-electron chi connectivity index (χ4n) is 15.9. The number of hydrogen-bond donors (Lipinski definition) is 3. The Morgan fingerprint density at radius 2 is 0.982 bits per heavy atom. The van der Waals surface area contributed by atoms with Crippen molar-refractivity contribution < 1.29 is 44.9 Å². The number of phenols is 1. The van der Waals surface area contributed by atoms with Crippen LogP contribution in [0.15, 0.2) is 105 Å². The third kappa shape index (κ3) is 43.7. The van der Waals surface area contributed by atoms with Gasteiger partial charge in [-0.05, 0) is 211 Å². The van der Waals surface area contributed by atoms with E-state index in [1.807, 2.05) is 79.7 Å². The molecule has 4 saturated carbocycles. The Bertz CT molecular complexity index is 3430. The van der Waals surface area contributed by atoms with Gasteiger partial charge in [-0.2, -0.15) is 11.4 Å².